The molecular weight excluding hydrogens is 322 g/mol. The van der Waals surface area contributed by atoms with Gasteiger partial charge in [0.25, 0.3) is 0 Å². The number of sulfonamides is 1. The van der Waals surface area contributed by atoms with Gasteiger partial charge in [-0.15, -0.1) is 11.3 Å². The van der Waals surface area contributed by atoms with Crippen molar-refractivity contribution in [3.05, 3.63) is 45.4 Å². The van der Waals surface area contributed by atoms with Crippen LogP contribution in [0.1, 0.15) is 21.1 Å². The van der Waals surface area contributed by atoms with Gasteiger partial charge in [-0.25, -0.2) is 18.5 Å². The zero-order chi connectivity index (χ0) is 16.3. The molecule has 0 fully saturated rings. The highest BCUT2D eigenvalue weighted by Gasteiger charge is 2.10. The summed E-state index contributed by atoms with van der Waals surface area (Å²) in [6.45, 7) is 4.13. The van der Waals surface area contributed by atoms with Crippen LogP contribution in [0, 0.1) is 13.8 Å². The van der Waals surface area contributed by atoms with Crippen LogP contribution in [0.2, 0.25) is 0 Å². The second kappa shape index (κ2) is 6.55. The Morgan fingerprint density at radius 1 is 1.27 bits per heavy atom. The van der Waals surface area contributed by atoms with E-state index in [2.05, 4.69) is 10.3 Å². The normalized spacial score (nSPS) is 11.4. The number of nitrogens with one attached hydrogen (secondary N) is 1. The Morgan fingerprint density at radius 3 is 2.41 bits per heavy atom. The van der Waals surface area contributed by atoms with Gasteiger partial charge in [-0.3, -0.25) is 4.79 Å². The van der Waals surface area contributed by atoms with Gasteiger partial charge in [0.05, 0.1) is 22.0 Å². The smallest absolute Gasteiger partial charge is 0.238 e. The van der Waals surface area contributed by atoms with Gasteiger partial charge in [0.2, 0.25) is 15.9 Å². The Bertz CT molecular complexity index is 780. The van der Waals surface area contributed by atoms with E-state index in [9.17, 15) is 13.2 Å². The van der Waals surface area contributed by atoms with E-state index in [0.29, 0.717) is 13.0 Å². The summed E-state index contributed by atoms with van der Waals surface area (Å²) >= 11 is 1.52. The van der Waals surface area contributed by atoms with Crippen LogP contribution in [-0.4, -0.2) is 19.3 Å². The fourth-order valence-electron chi connectivity index (χ4n) is 1.94. The van der Waals surface area contributed by atoms with Crippen molar-refractivity contribution in [1.29, 1.82) is 0 Å². The van der Waals surface area contributed by atoms with Gasteiger partial charge in [-0.05, 0) is 31.5 Å². The van der Waals surface area contributed by atoms with Crippen molar-refractivity contribution in [2.75, 3.05) is 0 Å². The number of carbonyl (C=O) groups is 1. The lowest BCUT2D eigenvalue weighted by atomic mass is 10.2. The van der Waals surface area contributed by atoms with E-state index in [1.54, 1.807) is 12.1 Å². The first-order valence-electron chi connectivity index (χ1n) is 6.57. The van der Waals surface area contributed by atoms with Crippen LogP contribution in [-0.2, 0) is 27.8 Å². The maximum Gasteiger partial charge on any atom is 0.238 e. The predicted octanol–water partition coefficient (Wildman–Crippen LogP) is 1.27. The number of thiazole rings is 1. The van der Waals surface area contributed by atoms with E-state index in [-0.39, 0.29) is 10.8 Å². The van der Waals surface area contributed by atoms with Crippen LogP contribution in [0.25, 0.3) is 0 Å². The topological polar surface area (TPSA) is 102 Å². The van der Waals surface area contributed by atoms with Crippen LogP contribution in [0.3, 0.4) is 0 Å². The summed E-state index contributed by atoms with van der Waals surface area (Å²) in [4.78, 5) is 17.2. The minimum Gasteiger partial charge on any atom is -0.352 e. The first kappa shape index (κ1) is 16.6. The number of aryl methyl sites for hydroxylation is 2. The average Bonchev–Trinajstić information content (AvgIpc) is 2.74. The number of amides is 1. The Labute approximate surface area is 133 Å². The molecule has 0 spiro atoms. The van der Waals surface area contributed by atoms with Crippen molar-refractivity contribution < 1.29 is 13.2 Å². The molecule has 1 aromatic carbocycles. The lowest BCUT2D eigenvalue weighted by Crippen LogP contribution is -2.24. The van der Waals surface area contributed by atoms with Crippen molar-refractivity contribution in [3.63, 3.8) is 0 Å². The van der Waals surface area contributed by atoms with Gasteiger partial charge >= 0.3 is 0 Å². The first-order valence-corrected chi connectivity index (χ1v) is 8.93. The summed E-state index contributed by atoms with van der Waals surface area (Å²) in [5.74, 6) is -0.0951. The van der Waals surface area contributed by atoms with Gasteiger partial charge in [0.15, 0.2) is 0 Å². The number of nitrogens with two attached hydrogens (primary N) is 1. The number of aromatic nitrogens is 1. The lowest BCUT2D eigenvalue weighted by molar-refractivity contribution is -0.120. The third kappa shape index (κ3) is 4.36. The number of hydrogen-bond acceptors (Lipinski definition) is 5. The lowest BCUT2D eigenvalue weighted by Gasteiger charge is -2.06. The number of benzene rings is 1. The molecule has 0 radical (unpaired) electrons. The molecule has 2 aromatic rings. The third-order valence-corrected chi connectivity index (χ3v) is 5.06. The fourth-order valence-corrected chi connectivity index (χ4v) is 3.39. The maximum absolute atomic E-state index is 11.9. The largest absolute Gasteiger partial charge is 0.352 e. The van der Waals surface area contributed by atoms with Crippen molar-refractivity contribution in [2.45, 2.75) is 31.7 Å². The van der Waals surface area contributed by atoms with Crippen LogP contribution in [0.4, 0.5) is 0 Å². The van der Waals surface area contributed by atoms with E-state index < -0.39 is 10.0 Å². The number of carbonyl (C=O) groups excluding carboxylic acids is 1. The quantitative estimate of drug-likeness (QED) is 0.856. The van der Waals surface area contributed by atoms with E-state index in [1.807, 2.05) is 13.8 Å². The summed E-state index contributed by atoms with van der Waals surface area (Å²) in [6, 6.07) is 6.10. The van der Waals surface area contributed by atoms with E-state index in [1.165, 1.54) is 23.5 Å². The molecule has 1 aromatic heterocycles. The molecule has 0 saturated heterocycles. The van der Waals surface area contributed by atoms with Gasteiger partial charge in [0, 0.05) is 11.4 Å². The monoisotopic (exact) mass is 339 g/mol. The van der Waals surface area contributed by atoms with Crippen LogP contribution < -0.4 is 10.5 Å². The summed E-state index contributed by atoms with van der Waals surface area (Å²) in [5, 5.41) is 8.77. The van der Waals surface area contributed by atoms with E-state index in [4.69, 9.17) is 5.14 Å². The molecule has 0 aliphatic heterocycles. The molecule has 0 saturated carbocycles. The van der Waals surface area contributed by atoms with Crippen molar-refractivity contribution in [3.8, 4) is 0 Å². The Balaban J connectivity index is 1.92. The molecule has 2 rings (SSSR count). The summed E-state index contributed by atoms with van der Waals surface area (Å²) < 4.78 is 22.3. The molecule has 1 heterocycles. The molecule has 118 valence electrons. The van der Waals surface area contributed by atoms with Gasteiger partial charge in [-0.2, -0.15) is 0 Å². The molecular formula is C14H17N3O3S2. The summed E-state index contributed by atoms with van der Waals surface area (Å²) in [6.07, 6.45) is 0.298. The Morgan fingerprint density at radius 2 is 1.91 bits per heavy atom. The predicted molar refractivity (Wildman–Crippen MR) is 85.0 cm³/mol. The first-order chi connectivity index (χ1) is 10.3. The van der Waals surface area contributed by atoms with Crippen molar-refractivity contribution in [2.24, 2.45) is 5.14 Å². The molecule has 3 N–H and O–H groups in total. The van der Waals surface area contributed by atoms with Crippen LogP contribution >= 0.6 is 11.3 Å². The Kier molecular flexibility index (Phi) is 4.94. The van der Waals surface area contributed by atoms with Crippen molar-refractivity contribution in [1.82, 2.24) is 10.3 Å². The molecule has 1 amide bonds. The standard InChI is InChI=1S/C14H17N3O3S2/c1-9-13(21-10(2)17-9)7-14(18)16-8-11-3-5-12(6-4-11)22(15,19)20/h3-6H,7-8H2,1-2H3,(H,16,18)(H2,15,19,20). The third-order valence-electron chi connectivity index (χ3n) is 3.06. The molecule has 6 nitrogen and oxygen atoms in total. The minimum absolute atomic E-state index is 0.0540. The highest BCUT2D eigenvalue weighted by molar-refractivity contribution is 7.89. The maximum atomic E-state index is 11.9. The van der Waals surface area contributed by atoms with E-state index >= 15 is 0 Å². The molecule has 0 atom stereocenters. The second-order valence-electron chi connectivity index (χ2n) is 4.88. The number of primary sulfonamides is 1. The molecule has 0 bridgehead atoms. The summed E-state index contributed by atoms with van der Waals surface area (Å²) in [5.41, 5.74) is 1.69. The SMILES string of the molecule is Cc1nc(C)c(CC(=O)NCc2ccc(S(N)(=O)=O)cc2)s1. The number of hydrogen-bond donors (Lipinski definition) is 2. The van der Waals surface area contributed by atoms with Crippen LogP contribution in [0.5, 0.6) is 0 Å². The Hall–Kier alpha value is -1.77. The highest BCUT2D eigenvalue weighted by atomic mass is 32.2. The zero-order valence-electron chi connectivity index (χ0n) is 12.3. The van der Waals surface area contributed by atoms with Gasteiger partial charge in [-0.1, -0.05) is 12.1 Å². The van der Waals surface area contributed by atoms with Gasteiger partial charge in [0.1, 0.15) is 0 Å². The summed E-state index contributed by atoms with van der Waals surface area (Å²) in [7, 11) is -3.69. The molecule has 0 unspecified atom stereocenters. The second-order valence-corrected chi connectivity index (χ2v) is 7.73. The van der Waals surface area contributed by atoms with Crippen molar-refractivity contribution >= 4 is 27.3 Å². The van der Waals surface area contributed by atoms with Gasteiger partial charge < -0.3 is 5.32 Å². The highest BCUT2D eigenvalue weighted by Crippen LogP contribution is 2.17. The molecule has 0 aliphatic carbocycles. The molecule has 0 aliphatic rings. The fraction of sp³-hybridized carbons (Fsp3) is 0.286. The van der Waals surface area contributed by atoms with Crippen LogP contribution in [0.15, 0.2) is 29.2 Å². The molecule has 8 heteroatoms. The van der Waals surface area contributed by atoms with E-state index in [0.717, 1.165) is 21.1 Å². The average molecular weight is 339 g/mol. The number of nitrogens with zero attached hydrogens (tertiary/aromatic N) is 1. The molecule has 22 heavy (non-hydrogen) atoms. The minimum atomic E-state index is -3.69. The zero-order valence-corrected chi connectivity index (χ0v) is 13.9. The number of rotatable bonds is 5.